The van der Waals surface area contributed by atoms with E-state index in [0.717, 1.165) is 45.9 Å². The first-order valence-electron chi connectivity index (χ1n) is 7.34. The van der Waals surface area contributed by atoms with Gasteiger partial charge < -0.3 is 14.8 Å². The molecule has 1 aromatic heterocycles. The van der Waals surface area contributed by atoms with Crippen molar-refractivity contribution in [1.29, 1.82) is 0 Å². The van der Waals surface area contributed by atoms with Crippen LogP contribution in [0.15, 0.2) is 24.3 Å². The van der Waals surface area contributed by atoms with Crippen molar-refractivity contribution in [2.75, 3.05) is 26.3 Å². The first-order valence-corrected chi connectivity index (χ1v) is 8.54. The first-order chi connectivity index (χ1) is 10.7. The second kappa shape index (κ2) is 7.53. The number of nitrogens with zero attached hydrogens (tertiary/aromatic N) is 1. The van der Waals surface area contributed by atoms with Crippen LogP contribution in [-0.2, 0) is 16.1 Å². The first kappa shape index (κ1) is 15.9. The Kier molecular flexibility index (Phi) is 5.44. The quantitative estimate of drug-likeness (QED) is 0.908. The van der Waals surface area contributed by atoms with Crippen molar-refractivity contribution in [3.63, 3.8) is 0 Å². The lowest BCUT2D eigenvalue weighted by Crippen LogP contribution is -2.40. The van der Waals surface area contributed by atoms with E-state index in [4.69, 9.17) is 21.1 Å². The summed E-state index contributed by atoms with van der Waals surface area (Å²) >= 11 is 7.59. The van der Waals surface area contributed by atoms with E-state index in [1.165, 1.54) is 0 Å². The molecule has 1 unspecified atom stereocenters. The number of hydrogen-bond acceptors (Lipinski definition) is 5. The second-order valence-electron chi connectivity index (χ2n) is 5.25. The highest BCUT2D eigenvalue weighted by atomic mass is 35.5. The fourth-order valence-corrected chi connectivity index (χ4v) is 3.42. The molecular weight excluding hydrogens is 320 g/mol. The van der Waals surface area contributed by atoms with Crippen LogP contribution in [0.4, 0.5) is 0 Å². The molecule has 1 saturated heterocycles. The number of hydrogen-bond donors (Lipinski definition) is 1. The summed E-state index contributed by atoms with van der Waals surface area (Å²) in [5, 5.41) is 5.04. The van der Waals surface area contributed by atoms with Crippen LogP contribution in [0, 0.1) is 6.92 Å². The number of halogens is 1. The minimum absolute atomic E-state index is 0.151. The number of aromatic nitrogens is 1. The van der Waals surface area contributed by atoms with Crippen LogP contribution in [0.25, 0.3) is 10.6 Å². The summed E-state index contributed by atoms with van der Waals surface area (Å²) in [6.45, 7) is 5.76. The van der Waals surface area contributed by atoms with Crippen LogP contribution in [0.3, 0.4) is 0 Å². The largest absolute Gasteiger partial charge is 0.373 e. The molecule has 4 nitrogen and oxygen atoms in total. The number of rotatable bonds is 5. The number of morpholine rings is 1. The van der Waals surface area contributed by atoms with E-state index in [-0.39, 0.29) is 6.10 Å². The van der Waals surface area contributed by atoms with Crippen molar-refractivity contribution in [2.24, 2.45) is 0 Å². The van der Waals surface area contributed by atoms with E-state index in [2.05, 4.69) is 10.3 Å². The maximum absolute atomic E-state index is 5.92. The van der Waals surface area contributed by atoms with Crippen LogP contribution in [0.1, 0.15) is 10.6 Å². The zero-order chi connectivity index (χ0) is 15.4. The summed E-state index contributed by atoms with van der Waals surface area (Å²) in [6, 6.07) is 7.76. The van der Waals surface area contributed by atoms with Crippen molar-refractivity contribution in [3.8, 4) is 10.6 Å². The summed E-state index contributed by atoms with van der Waals surface area (Å²) < 4.78 is 11.4. The number of nitrogens with one attached hydrogen (secondary N) is 1. The predicted octanol–water partition coefficient (Wildman–Crippen LogP) is 3.28. The van der Waals surface area contributed by atoms with E-state index in [1.807, 2.05) is 31.2 Å². The summed E-state index contributed by atoms with van der Waals surface area (Å²) in [5.74, 6) is 0. The van der Waals surface area contributed by atoms with Gasteiger partial charge in [0.25, 0.3) is 0 Å². The van der Waals surface area contributed by atoms with Gasteiger partial charge in [-0.25, -0.2) is 4.98 Å². The van der Waals surface area contributed by atoms with Gasteiger partial charge in [0.15, 0.2) is 0 Å². The molecule has 2 aromatic rings. The molecule has 1 N–H and O–H groups in total. The highest BCUT2D eigenvalue weighted by Crippen LogP contribution is 2.29. The summed E-state index contributed by atoms with van der Waals surface area (Å²) in [6.07, 6.45) is 0.151. The molecule has 0 bridgehead atoms. The molecule has 0 radical (unpaired) electrons. The van der Waals surface area contributed by atoms with Gasteiger partial charge in [-0.1, -0.05) is 23.7 Å². The lowest BCUT2D eigenvalue weighted by atomic mass is 10.2. The maximum Gasteiger partial charge on any atom is 0.123 e. The zero-order valence-corrected chi connectivity index (χ0v) is 14.0. The van der Waals surface area contributed by atoms with Gasteiger partial charge in [-0.05, 0) is 19.1 Å². The Morgan fingerprint density at radius 1 is 1.41 bits per heavy atom. The minimum atomic E-state index is 0.151. The highest BCUT2D eigenvalue weighted by molar-refractivity contribution is 7.15. The SMILES string of the molecule is Cc1nc(-c2ccc(Cl)cc2)sc1COCC1CNCCO1. The summed E-state index contributed by atoms with van der Waals surface area (Å²) in [5.41, 5.74) is 2.11. The lowest BCUT2D eigenvalue weighted by molar-refractivity contribution is -0.0353. The predicted molar refractivity (Wildman–Crippen MR) is 89.6 cm³/mol. The maximum atomic E-state index is 5.92. The lowest BCUT2D eigenvalue weighted by Gasteiger charge is -2.23. The summed E-state index contributed by atoms with van der Waals surface area (Å²) in [4.78, 5) is 5.79. The molecule has 118 valence electrons. The molecule has 1 aliphatic rings. The molecule has 6 heteroatoms. The Hall–Kier alpha value is -0.980. The monoisotopic (exact) mass is 338 g/mol. The average molecular weight is 339 g/mol. The standard InChI is InChI=1S/C16H19ClN2O2S/c1-11-15(10-20-9-14-8-18-6-7-21-14)22-16(19-11)12-2-4-13(17)5-3-12/h2-5,14,18H,6-10H2,1H3. The Morgan fingerprint density at radius 2 is 2.23 bits per heavy atom. The van der Waals surface area contributed by atoms with E-state index in [9.17, 15) is 0 Å². The smallest absolute Gasteiger partial charge is 0.123 e. The van der Waals surface area contributed by atoms with Crippen LogP contribution >= 0.6 is 22.9 Å². The van der Waals surface area contributed by atoms with Crippen LogP contribution in [0.5, 0.6) is 0 Å². The third-order valence-electron chi connectivity index (χ3n) is 3.53. The van der Waals surface area contributed by atoms with Crippen molar-refractivity contribution < 1.29 is 9.47 Å². The number of ether oxygens (including phenoxy) is 2. The molecule has 1 aliphatic heterocycles. The number of benzene rings is 1. The summed E-state index contributed by atoms with van der Waals surface area (Å²) in [7, 11) is 0. The van der Waals surface area contributed by atoms with E-state index in [1.54, 1.807) is 11.3 Å². The molecule has 0 aliphatic carbocycles. The van der Waals surface area contributed by atoms with Crippen LogP contribution in [0.2, 0.25) is 5.02 Å². The van der Waals surface area contributed by atoms with E-state index >= 15 is 0 Å². The topological polar surface area (TPSA) is 43.4 Å². The molecular formula is C16H19ClN2O2S. The highest BCUT2D eigenvalue weighted by Gasteiger charge is 2.14. The van der Waals surface area contributed by atoms with Gasteiger partial charge >= 0.3 is 0 Å². The molecule has 3 rings (SSSR count). The Labute approximate surface area is 139 Å². The van der Waals surface area contributed by atoms with Gasteiger partial charge in [0.1, 0.15) is 5.01 Å². The fraction of sp³-hybridized carbons (Fsp3) is 0.438. The Morgan fingerprint density at radius 3 is 2.95 bits per heavy atom. The minimum Gasteiger partial charge on any atom is -0.373 e. The fourth-order valence-electron chi connectivity index (χ4n) is 2.29. The van der Waals surface area contributed by atoms with Crippen molar-refractivity contribution in [1.82, 2.24) is 10.3 Å². The molecule has 22 heavy (non-hydrogen) atoms. The molecule has 1 aromatic carbocycles. The van der Waals surface area contributed by atoms with Crippen molar-refractivity contribution in [2.45, 2.75) is 19.6 Å². The molecule has 2 heterocycles. The van der Waals surface area contributed by atoms with Crippen molar-refractivity contribution in [3.05, 3.63) is 39.9 Å². The van der Waals surface area contributed by atoms with Gasteiger partial charge in [0.2, 0.25) is 0 Å². The molecule has 1 atom stereocenters. The van der Waals surface area contributed by atoms with Crippen LogP contribution < -0.4 is 5.32 Å². The van der Waals surface area contributed by atoms with Gasteiger partial charge in [-0.2, -0.15) is 0 Å². The van der Waals surface area contributed by atoms with Crippen molar-refractivity contribution >= 4 is 22.9 Å². The number of thiazole rings is 1. The van der Waals surface area contributed by atoms with Gasteiger partial charge in [-0.3, -0.25) is 0 Å². The Bertz CT molecular complexity index is 609. The van der Waals surface area contributed by atoms with Gasteiger partial charge in [-0.15, -0.1) is 11.3 Å². The van der Waals surface area contributed by atoms with E-state index < -0.39 is 0 Å². The second-order valence-corrected chi connectivity index (χ2v) is 6.77. The third kappa shape index (κ3) is 4.06. The average Bonchev–Trinajstić information content (AvgIpc) is 2.90. The zero-order valence-electron chi connectivity index (χ0n) is 12.5. The molecule has 0 amide bonds. The van der Waals surface area contributed by atoms with E-state index in [0.29, 0.717) is 13.2 Å². The van der Waals surface area contributed by atoms with Crippen LogP contribution in [-0.4, -0.2) is 37.4 Å². The Balaban J connectivity index is 1.58. The third-order valence-corrected chi connectivity index (χ3v) is 4.96. The van der Waals surface area contributed by atoms with Gasteiger partial charge in [0.05, 0.1) is 36.5 Å². The van der Waals surface area contributed by atoms with Gasteiger partial charge in [0, 0.05) is 23.7 Å². The number of aryl methyl sites for hydroxylation is 1. The molecule has 0 saturated carbocycles. The normalized spacial score (nSPS) is 18.5. The molecule has 0 spiro atoms. The molecule has 1 fully saturated rings.